The molecule has 0 aliphatic carbocycles. The first kappa shape index (κ1) is 23.6. The van der Waals surface area contributed by atoms with E-state index in [1.807, 2.05) is 30.3 Å². The summed E-state index contributed by atoms with van der Waals surface area (Å²) in [6, 6.07) is 9.70. The molecule has 0 radical (unpaired) electrons. The van der Waals surface area contributed by atoms with Crippen molar-refractivity contribution in [2.75, 3.05) is 51.9 Å². The molecule has 9 nitrogen and oxygen atoms in total. The third kappa shape index (κ3) is 4.87. The van der Waals surface area contributed by atoms with Gasteiger partial charge in [0.25, 0.3) is 5.91 Å². The van der Waals surface area contributed by atoms with Crippen molar-refractivity contribution in [1.82, 2.24) is 14.7 Å². The van der Waals surface area contributed by atoms with E-state index >= 15 is 0 Å². The van der Waals surface area contributed by atoms with Crippen molar-refractivity contribution >= 4 is 29.4 Å². The Morgan fingerprint density at radius 3 is 2.31 bits per heavy atom. The highest BCUT2D eigenvalue weighted by Gasteiger charge is 2.54. The molecule has 3 amide bonds. The van der Waals surface area contributed by atoms with E-state index in [9.17, 15) is 19.2 Å². The number of ether oxygens (including phenoxy) is 1. The molecule has 2 saturated heterocycles. The maximum atomic E-state index is 13.5. The van der Waals surface area contributed by atoms with Gasteiger partial charge in [0.1, 0.15) is 12.1 Å². The van der Waals surface area contributed by atoms with Gasteiger partial charge in [-0.05, 0) is 31.9 Å². The van der Waals surface area contributed by atoms with Crippen LogP contribution in [0, 0.1) is 0 Å². The Morgan fingerprint density at radius 1 is 1.06 bits per heavy atom. The molecule has 2 aliphatic rings. The molecule has 0 aromatic heterocycles. The normalized spacial score (nSPS) is 17.6. The van der Waals surface area contributed by atoms with E-state index in [1.165, 1.54) is 4.90 Å². The molecule has 0 saturated carbocycles. The summed E-state index contributed by atoms with van der Waals surface area (Å²) >= 11 is 0. The van der Waals surface area contributed by atoms with Crippen molar-refractivity contribution in [3.8, 4) is 0 Å². The van der Waals surface area contributed by atoms with E-state index in [0.717, 1.165) is 5.69 Å². The van der Waals surface area contributed by atoms with Crippen LogP contribution in [0.5, 0.6) is 0 Å². The molecule has 1 aromatic rings. The van der Waals surface area contributed by atoms with Crippen molar-refractivity contribution in [1.29, 1.82) is 0 Å². The quantitative estimate of drug-likeness (QED) is 0.585. The van der Waals surface area contributed by atoms with E-state index in [2.05, 4.69) is 4.90 Å². The lowest BCUT2D eigenvalue weighted by Gasteiger charge is -2.43. The van der Waals surface area contributed by atoms with Crippen LogP contribution in [0.3, 0.4) is 0 Å². The summed E-state index contributed by atoms with van der Waals surface area (Å²) in [6.07, 6.45) is 1.10. The zero-order valence-corrected chi connectivity index (χ0v) is 19.1. The van der Waals surface area contributed by atoms with Gasteiger partial charge < -0.3 is 24.3 Å². The largest absolute Gasteiger partial charge is 0.466 e. The third-order valence-corrected chi connectivity index (χ3v) is 6.20. The molecule has 32 heavy (non-hydrogen) atoms. The first-order valence-corrected chi connectivity index (χ1v) is 11.0. The van der Waals surface area contributed by atoms with Crippen LogP contribution in [0.4, 0.5) is 5.69 Å². The minimum absolute atomic E-state index is 0.0269. The fourth-order valence-electron chi connectivity index (χ4n) is 4.35. The van der Waals surface area contributed by atoms with E-state index in [1.54, 1.807) is 30.8 Å². The van der Waals surface area contributed by atoms with Crippen molar-refractivity contribution in [3.63, 3.8) is 0 Å². The number of para-hydroxylation sites is 1. The third-order valence-electron chi connectivity index (χ3n) is 6.20. The van der Waals surface area contributed by atoms with Crippen LogP contribution in [0.1, 0.15) is 32.6 Å². The van der Waals surface area contributed by atoms with Crippen LogP contribution in [0.15, 0.2) is 30.3 Å². The fraction of sp³-hybridized carbons (Fsp3) is 0.565. The number of hydrogen-bond donors (Lipinski definition) is 0. The number of hydrogen-bond acceptors (Lipinski definition) is 6. The SMILES string of the molecule is CCOC(=O)CCC(=O)N1CCC2(CC1)C(=O)N(CC(=O)N(C)C)CN2c1ccccc1. The lowest BCUT2D eigenvalue weighted by atomic mass is 9.85. The second-order valence-corrected chi connectivity index (χ2v) is 8.41. The topological polar surface area (TPSA) is 90.5 Å². The van der Waals surface area contributed by atoms with Crippen molar-refractivity contribution < 1.29 is 23.9 Å². The standard InChI is InChI=1S/C23H32N4O5/c1-4-32-21(30)11-10-19(28)25-14-12-23(13-15-25)22(31)26(16-20(29)24(2)3)17-27(23)18-8-6-5-7-9-18/h5-9H,4,10-17H2,1-3H3. The molecule has 2 aliphatic heterocycles. The summed E-state index contributed by atoms with van der Waals surface area (Å²) in [5.74, 6) is -0.689. The number of amides is 3. The zero-order valence-electron chi connectivity index (χ0n) is 19.1. The highest BCUT2D eigenvalue weighted by Crippen LogP contribution is 2.39. The molecule has 0 bridgehead atoms. The van der Waals surface area contributed by atoms with Crippen LogP contribution < -0.4 is 4.90 Å². The summed E-state index contributed by atoms with van der Waals surface area (Å²) in [7, 11) is 3.35. The van der Waals surface area contributed by atoms with Crippen LogP contribution in [0.2, 0.25) is 0 Å². The van der Waals surface area contributed by atoms with Gasteiger partial charge in [-0.1, -0.05) is 18.2 Å². The molecule has 9 heteroatoms. The number of nitrogens with zero attached hydrogens (tertiary/aromatic N) is 4. The second-order valence-electron chi connectivity index (χ2n) is 8.41. The van der Waals surface area contributed by atoms with E-state index < -0.39 is 5.54 Å². The summed E-state index contributed by atoms with van der Waals surface area (Å²) in [5.41, 5.74) is 0.133. The van der Waals surface area contributed by atoms with Gasteiger partial charge in [0.05, 0.1) is 19.7 Å². The van der Waals surface area contributed by atoms with Gasteiger partial charge in [0.2, 0.25) is 11.8 Å². The highest BCUT2D eigenvalue weighted by atomic mass is 16.5. The minimum atomic E-state index is -0.786. The zero-order chi connectivity index (χ0) is 23.3. The van der Waals surface area contributed by atoms with Crippen molar-refractivity contribution in [2.24, 2.45) is 0 Å². The van der Waals surface area contributed by atoms with Gasteiger partial charge in [-0.3, -0.25) is 19.2 Å². The lowest BCUT2D eigenvalue weighted by molar-refractivity contribution is -0.146. The predicted octanol–water partition coefficient (Wildman–Crippen LogP) is 1.09. The number of benzene rings is 1. The Labute approximate surface area is 188 Å². The average molecular weight is 445 g/mol. The van der Waals surface area contributed by atoms with Gasteiger partial charge in [0.15, 0.2) is 0 Å². The molecule has 174 valence electrons. The molecule has 2 fully saturated rings. The number of likely N-dealkylation sites (N-methyl/N-ethyl adjacent to an activating group) is 1. The van der Waals surface area contributed by atoms with Gasteiger partial charge in [-0.2, -0.15) is 0 Å². The highest BCUT2D eigenvalue weighted by molar-refractivity contribution is 5.96. The number of likely N-dealkylation sites (tertiary alicyclic amines) is 1. The van der Waals surface area contributed by atoms with Crippen LogP contribution in [0.25, 0.3) is 0 Å². The van der Waals surface area contributed by atoms with Crippen LogP contribution in [-0.2, 0) is 23.9 Å². The Balaban J connectivity index is 1.73. The van der Waals surface area contributed by atoms with Gasteiger partial charge in [-0.15, -0.1) is 0 Å². The number of carbonyl (C=O) groups excluding carboxylic acids is 4. The first-order valence-electron chi connectivity index (χ1n) is 11.0. The molecule has 3 rings (SSSR count). The first-order chi connectivity index (χ1) is 15.3. The Bertz CT molecular complexity index is 849. The minimum Gasteiger partial charge on any atom is -0.466 e. The summed E-state index contributed by atoms with van der Waals surface area (Å²) in [4.78, 5) is 56.9. The lowest BCUT2D eigenvalue weighted by Crippen LogP contribution is -2.57. The number of rotatable bonds is 7. The van der Waals surface area contributed by atoms with Gasteiger partial charge >= 0.3 is 5.97 Å². The molecule has 0 atom stereocenters. The average Bonchev–Trinajstić information content (AvgIpc) is 3.04. The second kappa shape index (κ2) is 10.0. The monoisotopic (exact) mass is 444 g/mol. The van der Waals surface area contributed by atoms with Crippen LogP contribution in [-0.4, -0.2) is 90.9 Å². The maximum absolute atomic E-state index is 13.5. The number of esters is 1. The van der Waals surface area contributed by atoms with Gasteiger partial charge in [0, 0.05) is 39.3 Å². The molecule has 0 N–H and O–H groups in total. The fourth-order valence-corrected chi connectivity index (χ4v) is 4.35. The van der Waals surface area contributed by atoms with Crippen molar-refractivity contribution in [2.45, 2.75) is 38.1 Å². The smallest absolute Gasteiger partial charge is 0.306 e. The molecular weight excluding hydrogens is 412 g/mol. The Morgan fingerprint density at radius 2 is 1.72 bits per heavy atom. The van der Waals surface area contributed by atoms with E-state index in [0.29, 0.717) is 39.2 Å². The predicted molar refractivity (Wildman–Crippen MR) is 119 cm³/mol. The van der Waals surface area contributed by atoms with Gasteiger partial charge in [-0.25, -0.2) is 0 Å². The molecule has 2 heterocycles. The van der Waals surface area contributed by atoms with E-state index in [-0.39, 0.29) is 43.1 Å². The summed E-state index contributed by atoms with van der Waals surface area (Å²) < 4.78 is 4.90. The van der Waals surface area contributed by atoms with Crippen LogP contribution >= 0.6 is 0 Å². The molecule has 1 aromatic carbocycles. The number of piperidine rings is 1. The molecular formula is C23H32N4O5. The number of carbonyl (C=O) groups is 4. The number of anilines is 1. The maximum Gasteiger partial charge on any atom is 0.306 e. The summed E-state index contributed by atoms with van der Waals surface area (Å²) in [6.45, 7) is 3.23. The van der Waals surface area contributed by atoms with Crippen molar-refractivity contribution in [3.05, 3.63) is 30.3 Å². The van der Waals surface area contributed by atoms with E-state index in [4.69, 9.17) is 4.74 Å². The molecule has 0 unspecified atom stereocenters. The summed E-state index contributed by atoms with van der Waals surface area (Å²) in [5, 5.41) is 0. The molecule has 1 spiro atoms. The Hall–Kier alpha value is -3.10. The Kier molecular flexibility index (Phi) is 7.37.